The van der Waals surface area contributed by atoms with Crippen LogP contribution >= 0.6 is 0 Å². The van der Waals surface area contributed by atoms with E-state index in [1.165, 1.54) is 12.3 Å². The van der Waals surface area contributed by atoms with Crippen LogP contribution in [0, 0.1) is 0 Å². The van der Waals surface area contributed by atoms with E-state index in [0.29, 0.717) is 5.69 Å². The second-order valence-electron chi connectivity index (χ2n) is 4.83. The Morgan fingerprint density at radius 1 is 0.783 bits per heavy atom. The third-order valence-electron chi connectivity index (χ3n) is 3.27. The van der Waals surface area contributed by atoms with Gasteiger partial charge in [-0.25, -0.2) is 4.98 Å². The molecule has 3 aromatic rings. The summed E-state index contributed by atoms with van der Waals surface area (Å²) < 4.78 is 31.9. The molecule has 1 aromatic heterocycles. The summed E-state index contributed by atoms with van der Waals surface area (Å²) in [6.07, 6.45) is 1.36. The Hall–Kier alpha value is -2.70. The molecule has 0 spiro atoms. The SMILES string of the molecule is O=S(=O)(O)c1cc(N(c2ccccc2)c2ccccc2)ccn1. The topological polar surface area (TPSA) is 70.5 Å². The van der Waals surface area contributed by atoms with Gasteiger partial charge in [-0.1, -0.05) is 36.4 Å². The summed E-state index contributed by atoms with van der Waals surface area (Å²) in [6, 6.07) is 22.1. The van der Waals surface area contributed by atoms with E-state index in [-0.39, 0.29) is 5.03 Å². The number of aromatic nitrogens is 1. The summed E-state index contributed by atoms with van der Waals surface area (Å²) in [4.78, 5) is 5.60. The Bertz CT molecular complexity index is 858. The van der Waals surface area contributed by atoms with Gasteiger partial charge in [0.2, 0.25) is 0 Å². The molecule has 0 bridgehead atoms. The predicted molar refractivity (Wildman–Crippen MR) is 88.7 cm³/mol. The molecule has 0 fully saturated rings. The molecule has 1 heterocycles. The molecular formula is C17H14N2O3S. The molecule has 0 unspecified atom stereocenters. The first-order chi connectivity index (χ1) is 11.1. The highest BCUT2D eigenvalue weighted by molar-refractivity contribution is 7.85. The fourth-order valence-corrected chi connectivity index (χ4v) is 2.74. The number of para-hydroxylation sites is 2. The van der Waals surface area contributed by atoms with E-state index in [2.05, 4.69) is 4.98 Å². The van der Waals surface area contributed by atoms with Crippen LogP contribution in [-0.4, -0.2) is 18.0 Å². The Kier molecular flexibility index (Phi) is 4.10. The highest BCUT2D eigenvalue weighted by Gasteiger charge is 2.16. The Balaban J connectivity index is 2.17. The summed E-state index contributed by atoms with van der Waals surface area (Å²) in [5, 5.41) is -0.383. The molecule has 23 heavy (non-hydrogen) atoms. The van der Waals surface area contributed by atoms with E-state index >= 15 is 0 Å². The molecule has 0 atom stereocenters. The Morgan fingerprint density at radius 3 is 1.78 bits per heavy atom. The quantitative estimate of drug-likeness (QED) is 0.739. The van der Waals surface area contributed by atoms with Crippen LogP contribution in [0.4, 0.5) is 17.1 Å². The van der Waals surface area contributed by atoms with Gasteiger partial charge in [-0.2, -0.15) is 8.42 Å². The molecular weight excluding hydrogens is 312 g/mol. The van der Waals surface area contributed by atoms with Crippen molar-refractivity contribution in [3.8, 4) is 0 Å². The van der Waals surface area contributed by atoms with Crippen molar-refractivity contribution in [1.82, 2.24) is 4.98 Å². The number of nitrogens with zero attached hydrogens (tertiary/aromatic N) is 2. The fraction of sp³-hybridized carbons (Fsp3) is 0. The van der Waals surface area contributed by atoms with Gasteiger partial charge in [-0.15, -0.1) is 0 Å². The van der Waals surface area contributed by atoms with Gasteiger partial charge in [0, 0.05) is 23.6 Å². The van der Waals surface area contributed by atoms with E-state index in [0.717, 1.165) is 11.4 Å². The summed E-state index contributed by atoms with van der Waals surface area (Å²) in [6.45, 7) is 0. The van der Waals surface area contributed by atoms with Gasteiger partial charge < -0.3 is 4.90 Å². The number of hydrogen-bond acceptors (Lipinski definition) is 4. The highest BCUT2D eigenvalue weighted by atomic mass is 32.2. The maximum Gasteiger partial charge on any atom is 0.312 e. The molecule has 3 rings (SSSR count). The van der Waals surface area contributed by atoms with Crippen molar-refractivity contribution in [2.24, 2.45) is 0 Å². The van der Waals surface area contributed by atoms with Crippen LogP contribution in [0.5, 0.6) is 0 Å². The average molecular weight is 326 g/mol. The van der Waals surface area contributed by atoms with Crippen LogP contribution in [0.3, 0.4) is 0 Å². The number of anilines is 3. The van der Waals surface area contributed by atoms with Gasteiger partial charge >= 0.3 is 10.1 Å². The van der Waals surface area contributed by atoms with Crippen LogP contribution in [0.2, 0.25) is 0 Å². The third kappa shape index (κ3) is 3.39. The van der Waals surface area contributed by atoms with Crippen molar-refractivity contribution in [2.75, 3.05) is 4.90 Å². The molecule has 0 aliphatic heterocycles. The van der Waals surface area contributed by atoms with E-state index in [1.54, 1.807) is 6.07 Å². The monoisotopic (exact) mass is 326 g/mol. The van der Waals surface area contributed by atoms with Crippen molar-refractivity contribution in [3.63, 3.8) is 0 Å². The molecule has 0 aliphatic rings. The normalized spacial score (nSPS) is 11.2. The number of benzene rings is 2. The van der Waals surface area contributed by atoms with Crippen molar-refractivity contribution in [2.45, 2.75) is 5.03 Å². The van der Waals surface area contributed by atoms with Crippen molar-refractivity contribution in [1.29, 1.82) is 0 Å². The van der Waals surface area contributed by atoms with Gasteiger partial charge in [-0.3, -0.25) is 4.55 Å². The minimum atomic E-state index is -4.36. The third-order valence-corrected chi connectivity index (χ3v) is 4.02. The number of hydrogen-bond donors (Lipinski definition) is 1. The van der Waals surface area contributed by atoms with E-state index in [1.807, 2.05) is 65.6 Å². The lowest BCUT2D eigenvalue weighted by Crippen LogP contribution is -2.11. The zero-order valence-corrected chi connectivity index (χ0v) is 12.9. The van der Waals surface area contributed by atoms with Crippen LogP contribution in [0.1, 0.15) is 0 Å². The van der Waals surface area contributed by atoms with Crippen molar-refractivity contribution in [3.05, 3.63) is 79.0 Å². The molecule has 5 nitrogen and oxygen atoms in total. The van der Waals surface area contributed by atoms with E-state index in [9.17, 15) is 13.0 Å². The summed E-state index contributed by atoms with van der Waals surface area (Å²) in [5.74, 6) is 0. The first kappa shape index (κ1) is 15.2. The van der Waals surface area contributed by atoms with Gasteiger partial charge in [0.05, 0.1) is 5.69 Å². The first-order valence-corrected chi connectivity index (χ1v) is 8.33. The average Bonchev–Trinajstić information content (AvgIpc) is 2.57. The van der Waals surface area contributed by atoms with Crippen LogP contribution in [0.25, 0.3) is 0 Å². The van der Waals surface area contributed by atoms with Crippen LogP contribution in [0.15, 0.2) is 84.0 Å². The molecule has 0 aliphatic carbocycles. The minimum absolute atomic E-state index is 0.383. The van der Waals surface area contributed by atoms with Crippen LogP contribution < -0.4 is 4.90 Å². The predicted octanol–water partition coefficient (Wildman–Crippen LogP) is 3.80. The molecule has 1 N–H and O–H groups in total. The van der Waals surface area contributed by atoms with Crippen LogP contribution in [-0.2, 0) is 10.1 Å². The molecule has 2 aromatic carbocycles. The maximum atomic E-state index is 11.4. The first-order valence-electron chi connectivity index (χ1n) is 6.89. The van der Waals surface area contributed by atoms with Gasteiger partial charge in [-0.05, 0) is 30.3 Å². The summed E-state index contributed by atoms with van der Waals surface area (Å²) >= 11 is 0. The molecule has 116 valence electrons. The zero-order chi connectivity index (χ0) is 16.3. The lowest BCUT2D eigenvalue weighted by molar-refractivity contribution is 0.479. The van der Waals surface area contributed by atoms with E-state index < -0.39 is 10.1 Å². The lowest BCUT2D eigenvalue weighted by atomic mass is 10.2. The molecule has 6 heteroatoms. The fourth-order valence-electron chi connectivity index (χ4n) is 2.28. The van der Waals surface area contributed by atoms with Crippen molar-refractivity contribution >= 4 is 27.2 Å². The Morgan fingerprint density at radius 2 is 1.30 bits per heavy atom. The summed E-state index contributed by atoms with van der Waals surface area (Å²) in [7, 11) is -4.36. The second kappa shape index (κ2) is 6.20. The standard InChI is InChI=1S/C17H14N2O3S/c20-23(21,22)17-13-16(11-12-18-17)19(14-7-3-1-4-8-14)15-9-5-2-6-10-15/h1-13H,(H,20,21,22). The Labute approximate surface area is 134 Å². The lowest BCUT2D eigenvalue weighted by Gasteiger charge is -2.25. The zero-order valence-electron chi connectivity index (χ0n) is 12.1. The molecule has 0 amide bonds. The van der Waals surface area contributed by atoms with Gasteiger partial charge in [0.1, 0.15) is 0 Å². The van der Waals surface area contributed by atoms with Gasteiger partial charge in [0.15, 0.2) is 5.03 Å². The molecule has 0 saturated heterocycles. The van der Waals surface area contributed by atoms with Crippen molar-refractivity contribution < 1.29 is 13.0 Å². The second-order valence-corrected chi connectivity index (χ2v) is 6.20. The molecule has 0 saturated carbocycles. The summed E-state index contributed by atoms with van der Waals surface area (Å²) in [5.41, 5.74) is 2.32. The van der Waals surface area contributed by atoms with E-state index in [4.69, 9.17) is 0 Å². The van der Waals surface area contributed by atoms with Gasteiger partial charge in [0.25, 0.3) is 0 Å². The largest absolute Gasteiger partial charge is 0.312 e. The number of rotatable bonds is 4. The smallest absolute Gasteiger partial charge is 0.310 e. The maximum absolute atomic E-state index is 11.4. The number of pyridine rings is 1. The highest BCUT2D eigenvalue weighted by Crippen LogP contribution is 2.34. The minimum Gasteiger partial charge on any atom is -0.310 e. The molecule has 0 radical (unpaired) electrons.